The minimum atomic E-state index is 0.233. The van der Waals surface area contributed by atoms with Gasteiger partial charge in [-0.1, -0.05) is 54.8 Å². The summed E-state index contributed by atoms with van der Waals surface area (Å²) in [5, 5.41) is 9.33. The normalized spacial score (nSPS) is 26.1. The third-order valence-corrected chi connectivity index (χ3v) is 8.14. The van der Waals surface area contributed by atoms with Crippen LogP contribution in [0.15, 0.2) is 48.5 Å². The summed E-state index contributed by atoms with van der Waals surface area (Å²) in [6.07, 6.45) is 7.55. The highest BCUT2D eigenvalue weighted by molar-refractivity contribution is 6.31. The van der Waals surface area contributed by atoms with Crippen LogP contribution in [0.5, 0.6) is 0 Å². The van der Waals surface area contributed by atoms with Gasteiger partial charge in [0.15, 0.2) is 0 Å². The molecule has 2 aliphatic heterocycles. The number of halogens is 1. The molecule has 3 fully saturated rings. The second-order valence-electron chi connectivity index (χ2n) is 10.3. The zero-order chi connectivity index (χ0) is 22.9. The van der Waals surface area contributed by atoms with E-state index in [0.29, 0.717) is 24.7 Å². The van der Waals surface area contributed by atoms with Crippen LogP contribution in [0, 0.1) is 0 Å². The van der Waals surface area contributed by atoms with Gasteiger partial charge in [0.1, 0.15) is 0 Å². The van der Waals surface area contributed by atoms with E-state index in [0.717, 1.165) is 36.8 Å². The highest BCUT2D eigenvalue weighted by Gasteiger charge is 2.39. The van der Waals surface area contributed by atoms with Gasteiger partial charge in [0, 0.05) is 41.3 Å². The molecule has 2 saturated heterocycles. The molecule has 1 aromatic heterocycles. The van der Waals surface area contributed by atoms with Crippen molar-refractivity contribution in [2.75, 3.05) is 25.0 Å². The van der Waals surface area contributed by atoms with Crippen molar-refractivity contribution in [2.45, 2.75) is 69.4 Å². The van der Waals surface area contributed by atoms with Crippen LogP contribution in [0.1, 0.15) is 55.8 Å². The summed E-state index contributed by atoms with van der Waals surface area (Å²) in [7, 11) is 0. The lowest BCUT2D eigenvalue weighted by Crippen LogP contribution is -2.37. The SMILES string of the molecule is Clc1cc(NC2CCCC2)c2[nH]c([C@@H]3C[C@@H](OCc4ccccc4)CN3C3CCNC3)cc2c1. The molecular weight excluding hydrogens is 444 g/mol. The molecule has 0 bridgehead atoms. The van der Waals surface area contributed by atoms with Crippen molar-refractivity contribution in [2.24, 2.45) is 0 Å². The molecule has 34 heavy (non-hydrogen) atoms. The largest absolute Gasteiger partial charge is 0.381 e. The maximum absolute atomic E-state index is 6.54. The molecule has 1 aliphatic carbocycles. The average Bonchev–Trinajstić information content (AvgIpc) is 3.64. The molecular formula is C28H35ClN4O. The smallest absolute Gasteiger partial charge is 0.0725 e. The number of aromatic amines is 1. The first-order chi connectivity index (χ1) is 16.7. The van der Waals surface area contributed by atoms with Crippen LogP contribution < -0.4 is 10.6 Å². The number of H-pyrrole nitrogens is 1. The van der Waals surface area contributed by atoms with E-state index >= 15 is 0 Å². The van der Waals surface area contributed by atoms with Gasteiger partial charge in [0.2, 0.25) is 0 Å². The Balaban J connectivity index is 1.26. The Morgan fingerprint density at radius 2 is 1.91 bits per heavy atom. The molecule has 6 heteroatoms. The lowest BCUT2D eigenvalue weighted by atomic mass is 10.1. The standard InChI is InChI=1S/C28H35ClN4O/c29-21-12-20-13-25(32-28(20)26(14-21)31-22-8-4-5-9-22)27-15-24(17-33(27)23-10-11-30-16-23)34-18-19-6-2-1-3-7-19/h1-3,6-7,12-14,22-24,27,30-32H,4-5,8-11,15-18H2/t23?,24-,27+/m1/s1. The number of likely N-dealkylation sites (tertiary alicyclic amines) is 1. The lowest BCUT2D eigenvalue weighted by molar-refractivity contribution is 0.0438. The van der Waals surface area contributed by atoms with Crippen LogP contribution in [0.4, 0.5) is 5.69 Å². The number of ether oxygens (including phenoxy) is 1. The van der Waals surface area contributed by atoms with E-state index in [-0.39, 0.29) is 6.10 Å². The molecule has 1 saturated carbocycles. The Hall–Kier alpha value is -2.05. The number of rotatable bonds is 7. The van der Waals surface area contributed by atoms with Gasteiger partial charge in [-0.05, 0) is 56.0 Å². The summed E-state index contributed by atoms with van der Waals surface area (Å²) >= 11 is 6.54. The predicted octanol–water partition coefficient (Wildman–Crippen LogP) is 5.87. The molecule has 6 rings (SSSR count). The summed E-state index contributed by atoms with van der Waals surface area (Å²) in [4.78, 5) is 6.49. The highest BCUT2D eigenvalue weighted by atomic mass is 35.5. The highest BCUT2D eigenvalue weighted by Crippen LogP contribution is 2.39. The van der Waals surface area contributed by atoms with Crippen molar-refractivity contribution < 1.29 is 4.74 Å². The Morgan fingerprint density at radius 3 is 2.71 bits per heavy atom. The molecule has 0 amide bonds. The Morgan fingerprint density at radius 1 is 1.06 bits per heavy atom. The van der Waals surface area contributed by atoms with Crippen molar-refractivity contribution >= 4 is 28.2 Å². The van der Waals surface area contributed by atoms with Gasteiger partial charge in [0.05, 0.1) is 30.0 Å². The van der Waals surface area contributed by atoms with E-state index in [4.69, 9.17) is 16.3 Å². The van der Waals surface area contributed by atoms with Crippen molar-refractivity contribution in [3.8, 4) is 0 Å². The van der Waals surface area contributed by atoms with Crippen molar-refractivity contribution in [3.05, 3.63) is 64.8 Å². The van der Waals surface area contributed by atoms with Gasteiger partial charge in [-0.3, -0.25) is 4.90 Å². The zero-order valence-corrected chi connectivity index (χ0v) is 20.5. The molecule has 3 aromatic rings. The van der Waals surface area contributed by atoms with Crippen molar-refractivity contribution in [3.63, 3.8) is 0 Å². The number of anilines is 1. The maximum Gasteiger partial charge on any atom is 0.0725 e. The maximum atomic E-state index is 6.54. The fourth-order valence-corrected chi connectivity index (χ4v) is 6.40. The van der Waals surface area contributed by atoms with Gasteiger partial charge in [-0.15, -0.1) is 0 Å². The lowest BCUT2D eigenvalue weighted by Gasteiger charge is -2.29. The quantitative estimate of drug-likeness (QED) is 0.397. The van der Waals surface area contributed by atoms with E-state index in [2.05, 4.69) is 69.0 Å². The zero-order valence-electron chi connectivity index (χ0n) is 19.7. The van der Waals surface area contributed by atoms with Crippen LogP contribution in [-0.4, -0.2) is 47.7 Å². The van der Waals surface area contributed by atoms with Crippen LogP contribution in [0.3, 0.4) is 0 Å². The number of fused-ring (bicyclic) bond motifs is 1. The van der Waals surface area contributed by atoms with Gasteiger partial charge < -0.3 is 20.4 Å². The fourth-order valence-electron chi connectivity index (χ4n) is 6.17. The molecule has 180 valence electrons. The minimum absolute atomic E-state index is 0.233. The van der Waals surface area contributed by atoms with E-state index < -0.39 is 0 Å². The summed E-state index contributed by atoms with van der Waals surface area (Å²) in [6.45, 7) is 3.81. The van der Waals surface area contributed by atoms with E-state index in [1.54, 1.807) is 0 Å². The number of hydrogen-bond acceptors (Lipinski definition) is 4. The molecule has 0 spiro atoms. The number of benzene rings is 2. The number of nitrogens with zero attached hydrogens (tertiary/aromatic N) is 1. The molecule has 3 N–H and O–H groups in total. The first kappa shape index (κ1) is 22.4. The Labute approximate surface area is 207 Å². The molecule has 3 aliphatic rings. The van der Waals surface area contributed by atoms with E-state index in [1.807, 2.05) is 0 Å². The topological polar surface area (TPSA) is 52.3 Å². The average molecular weight is 479 g/mol. The summed E-state index contributed by atoms with van der Waals surface area (Å²) in [5.74, 6) is 0. The first-order valence-electron chi connectivity index (χ1n) is 12.9. The second kappa shape index (κ2) is 9.90. The van der Waals surface area contributed by atoms with Crippen LogP contribution >= 0.6 is 11.6 Å². The monoisotopic (exact) mass is 478 g/mol. The van der Waals surface area contributed by atoms with Crippen molar-refractivity contribution in [1.82, 2.24) is 15.2 Å². The van der Waals surface area contributed by atoms with Crippen LogP contribution in [0.2, 0.25) is 5.02 Å². The Kier molecular flexibility index (Phi) is 6.53. The van der Waals surface area contributed by atoms with E-state index in [9.17, 15) is 0 Å². The molecule has 3 heterocycles. The third-order valence-electron chi connectivity index (χ3n) is 7.92. The molecule has 1 unspecified atom stereocenters. The third kappa shape index (κ3) is 4.72. The summed E-state index contributed by atoms with van der Waals surface area (Å²) < 4.78 is 6.43. The molecule has 0 radical (unpaired) electrons. The predicted molar refractivity (Wildman–Crippen MR) is 140 cm³/mol. The second-order valence-corrected chi connectivity index (χ2v) is 10.7. The fraction of sp³-hybridized carbons (Fsp3) is 0.500. The minimum Gasteiger partial charge on any atom is -0.381 e. The summed E-state index contributed by atoms with van der Waals surface area (Å²) in [5.41, 5.74) is 4.85. The van der Waals surface area contributed by atoms with Gasteiger partial charge in [-0.2, -0.15) is 0 Å². The number of aromatic nitrogens is 1. The molecule has 3 atom stereocenters. The van der Waals surface area contributed by atoms with Gasteiger partial charge in [0.25, 0.3) is 0 Å². The first-order valence-corrected chi connectivity index (χ1v) is 13.3. The summed E-state index contributed by atoms with van der Waals surface area (Å²) in [6, 6.07) is 18.4. The van der Waals surface area contributed by atoms with Crippen molar-refractivity contribution in [1.29, 1.82) is 0 Å². The molecule has 2 aromatic carbocycles. The molecule has 5 nitrogen and oxygen atoms in total. The van der Waals surface area contributed by atoms with Crippen LogP contribution in [-0.2, 0) is 11.3 Å². The van der Waals surface area contributed by atoms with Crippen LogP contribution in [0.25, 0.3) is 10.9 Å². The number of hydrogen-bond donors (Lipinski definition) is 3. The van der Waals surface area contributed by atoms with Gasteiger partial charge >= 0.3 is 0 Å². The van der Waals surface area contributed by atoms with Gasteiger partial charge in [-0.25, -0.2) is 0 Å². The number of nitrogens with one attached hydrogen (secondary N) is 3. The Bertz CT molecular complexity index is 1100. The van der Waals surface area contributed by atoms with E-state index in [1.165, 1.54) is 54.3 Å².